The Morgan fingerprint density at radius 2 is 1.80 bits per heavy atom. The van der Waals surface area contributed by atoms with Crippen molar-refractivity contribution in [1.82, 2.24) is 4.98 Å². The predicted octanol–water partition coefficient (Wildman–Crippen LogP) is 3.57. The second kappa shape index (κ2) is 5.09. The van der Waals surface area contributed by atoms with Gasteiger partial charge in [-0.25, -0.2) is 0 Å². The van der Waals surface area contributed by atoms with Crippen LogP contribution in [0.4, 0.5) is 17.2 Å². The van der Waals surface area contributed by atoms with Gasteiger partial charge in [-0.05, 0) is 17.5 Å². The summed E-state index contributed by atoms with van der Waals surface area (Å²) in [6, 6.07) is 17.8. The summed E-state index contributed by atoms with van der Waals surface area (Å²) in [6.45, 7) is 0. The number of benzene rings is 2. The molecule has 0 bridgehead atoms. The van der Waals surface area contributed by atoms with E-state index >= 15 is 0 Å². The molecule has 0 aliphatic rings. The minimum Gasteiger partial charge on any atom is -0.481 e. The zero-order chi connectivity index (χ0) is 13.9. The SMILES string of the molecule is COc1ccc(N)c(Nc2cccc3ccccc23)n1. The van der Waals surface area contributed by atoms with Crippen molar-refractivity contribution >= 4 is 28.0 Å². The number of nitrogens with one attached hydrogen (secondary N) is 1. The lowest BCUT2D eigenvalue weighted by Crippen LogP contribution is -2.01. The van der Waals surface area contributed by atoms with Gasteiger partial charge in [0.1, 0.15) is 0 Å². The van der Waals surface area contributed by atoms with Gasteiger partial charge in [0.25, 0.3) is 0 Å². The highest BCUT2D eigenvalue weighted by Crippen LogP contribution is 2.28. The first kappa shape index (κ1) is 12.3. The lowest BCUT2D eigenvalue weighted by Gasteiger charge is -2.12. The van der Waals surface area contributed by atoms with E-state index in [0.717, 1.165) is 11.1 Å². The van der Waals surface area contributed by atoms with Crippen molar-refractivity contribution in [1.29, 1.82) is 0 Å². The van der Waals surface area contributed by atoms with Crippen molar-refractivity contribution in [2.75, 3.05) is 18.2 Å². The molecule has 3 aromatic rings. The number of hydrogen-bond acceptors (Lipinski definition) is 4. The average molecular weight is 265 g/mol. The number of pyridine rings is 1. The third-order valence-corrected chi connectivity index (χ3v) is 3.15. The molecule has 2 aromatic carbocycles. The van der Waals surface area contributed by atoms with E-state index in [1.807, 2.05) is 24.3 Å². The normalized spacial score (nSPS) is 10.4. The van der Waals surface area contributed by atoms with Crippen LogP contribution in [-0.2, 0) is 0 Å². The van der Waals surface area contributed by atoms with Crippen molar-refractivity contribution in [3.63, 3.8) is 0 Å². The van der Waals surface area contributed by atoms with E-state index in [9.17, 15) is 0 Å². The van der Waals surface area contributed by atoms with Gasteiger partial charge in [-0.15, -0.1) is 0 Å². The Kier molecular flexibility index (Phi) is 3.13. The second-order valence-corrected chi connectivity index (χ2v) is 4.44. The molecule has 4 nitrogen and oxygen atoms in total. The highest BCUT2D eigenvalue weighted by molar-refractivity contribution is 5.95. The zero-order valence-corrected chi connectivity index (χ0v) is 11.1. The summed E-state index contributed by atoms with van der Waals surface area (Å²) in [6.07, 6.45) is 0. The number of nitrogen functional groups attached to an aromatic ring is 1. The number of aromatic nitrogens is 1. The van der Waals surface area contributed by atoms with Crippen molar-refractivity contribution in [3.8, 4) is 5.88 Å². The number of methoxy groups -OCH3 is 1. The maximum absolute atomic E-state index is 5.96. The molecule has 1 heterocycles. The molecule has 0 fully saturated rings. The summed E-state index contributed by atoms with van der Waals surface area (Å²) in [7, 11) is 1.58. The van der Waals surface area contributed by atoms with Gasteiger partial charge in [-0.3, -0.25) is 0 Å². The first-order chi connectivity index (χ1) is 9.78. The predicted molar refractivity (Wildman–Crippen MR) is 82.4 cm³/mol. The first-order valence-electron chi connectivity index (χ1n) is 6.33. The van der Waals surface area contributed by atoms with Gasteiger partial charge in [-0.1, -0.05) is 36.4 Å². The maximum atomic E-state index is 5.96. The highest BCUT2D eigenvalue weighted by Gasteiger charge is 2.06. The highest BCUT2D eigenvalue weighted by atomic mass is 16.5. The average Bonchev–Trinajstić information content (AvgIpc) is 2.50. The molecule has 0 spiro atoms. The van der Waals surface area contributed by atoms with Crippen LogP contribution in [0.5, 0.6) is 5.88 Å². The molecule has 3 rings (SSSR count). The topological polar surface area (TPSA) is 60.2 Å². The molecule has 1 aromatic heterocycles. The fourth-order valence-electron chi connectivity index (χ4n) is 2.13. The van der Waals surface area contributed by atoms with E-state index in [2.05, 4.69) is 28.5 Å². The Bertz CT molecular complexity index is 750. The Labute approximate surface area is 117 Å². The van der Waals surface area contributed by atoms with Crippen LogP contribution in [0.3, 0.4) is 0 Å². The first-order valence-corrected chi connectivity index (χ1v) is 6.33. The summed E-state index contributed by atoms with van der Waals surface area (Å²) in [5.41, 5.74) is 7.51. The maximum Gasteiger partial charge on any atom is 0.215 e. The van der Waals surface area contributed by atoms with Crippen LogP contribution in [0.2, 0.25) is 0 Å². The number of hydrogen-bond donors (Lipinski definition) is 2. The van der Waals surface area contributed by atoms with Crippen molar-refractivity contribution in [2.24, 2.45) is 0 Å². The second-order valence-electron chi connectivity index (χ2n) is 4.44. The quantitative estimate of drug-likeness (QED) is 0.760. The van der Waals surface area contributed by atoms with E-state index in [1.54, 1.807) is 19.2 Å². The molecule has 0 radical (unpaired) electrons. The summed E-state index contributed by atoms with van der Waals surface area (Å²) in [4.78, 5) is 4.33. The molecule has 100 valence electrons. The molecule has 20 heavy (non-hydrogen) atoms. The number of rotatable bonds is 3. The number of nitrogens with zero attached hydrogens (tertiary/aromatic N) is 1. The molecule has 3 N–H and O–H groups in total. The van der Waals surface area contributed by atoms with Gasteiger partial charge in [0.2, 0.25) is 5.88 Å². The zero-order valence-electron chi connectivity index (χ0n) is 11.1. The van der Waals surface area contributed by atoms with E-state index in [0.29, 0.717) is 17.4 Å². The number of nitrogens with two attached hydrogens (primary N) is 1. The summed E-state index contributed by atoms with van der Waals surface area (Å²) < 4.78 is 5.13. The van der Waals surface area contributed by atoms with Gasteiger partial charge >= 0.3 is 0 Å². The molecular weight excluding hydrogens is 250 g/mol. The fourth-order valence-corrected chi connectivity index (χ4v) is 2.13. The van der Waals surface area contributed by atoms with Crippen LogP contribution in [0.25, 0.3) is 10.8 Å². The van der Waals surface area contributed by atoms with Gasteiger partial charge < -0.3 is 15.8 Å². The van der Waals surface area contributed by atoms with Gasteiger partial charge in [0.05, 0.1) is 12.8 Å². The Hall–Kier alpha value is -2.75. The van der Waals surface area contributed by atoms with E-state index in [4.69, 9.17) is 10.5 Å². The molecule has 0 atom stereocenters. The minimum absolute atomic E-state index is 0.530. The molecular formula is C16H15N3O. The molecule has 0 saturated carbocycles. The molecule has 0 saturated heterocycles. The minimum atomic E-state index is 0.530. The van der Waals surface area contributed by atoms with Gasteiger partial charge in [0.15, 0.2) is 5.82 Å². The van der Waals surface area contributed by atoms with Crippen LogP contribution >= 0.6 is 0 Å². The Balaban J connectivity index is 2.05. The molecule has 0 unspecified atom stereocenters. The Morgan fingerprint density at radius 3 is 2.65 bits per heavy atom. The molecule has 4 heteroatoms. The fraction of sp³-hybridized carbons (Fsp3) is 0.0625. The third-order valence-electron chi connectivity index (χ3n) is 3.15. The smallest absolute Gasteiger partial charge is 0.215 e. The van der Waals surface area contributed by atoms with Crippen LogP contribution < -0.4 is 15.8 Å². The summed E-state index contributed by atoms with van der Waals surface area (Å²) in [5.74, 6) is 1.13. The van der Waals surface area contributed by atoms with Crippen molar-refractivity contribution < 1.29 is 4.74 Å². The molecule has 0 amide bonds. The van der Waals surface area contributed by atoms with Gasteiger partial charge in [0, 0.05) is 17.1 Å². The Morgan fingerprint density at radius 1 is 1.00 bits per heavy atom. The van der Waals surface area contributed by atoms with Crippen molar-refractivity contribution in [2.45, 2.75) is 0 Å². The monoisotopic (exact) mass is 265 g/mol. The summed E-state index contributed by atoms with van der Waals surface area (Å²) >= 11 is 0. The van der Waals surface area contributed by atoms with Crippen LogP contribution in [0.1, 0.15) is 0 Å². The van der Waals surface area contributed by atoms with Crippen LogP contribution in [-0.4, -0.2) is 12.1 Å². The van der Waals surface area contributed by atoms with Crippen LogP contribution in [0, 0.1) is 0 Å². The summed E-state index contributed by atoms with van der Waals surface area (Å²) in [5, 5.41) is 5.56. The van der Waals surface area contributed by atoms with E-state index < -0.39 is 0 Å². The van der Waals surface area contributed by atoms with Gasteiger partial charge in [-0.2, -0.15) is 4.98 Å². The lowest BCUT2D eigenvalue weighted by atomic mass is 10.1. The van der Waals surface area contributed by atoms with E-state index in [1.165, 1.54) is 5.39 Å². The van der Waals surface area contributed by atoms with E-state index in [-0.39, 0.29) is 0 Å². The lowest BCUT2D eigenvalue weighted by molar-refractivity contribution is 0.398. The largest absolute Gasteiger partial charge is 0.481 e. The number of anilines is 3. The van der Waals surface area contributed by atoms with Crippen molar-refractivity contribution in [3.05, 3.63) is 54.6 Å². The number of ether oxygens (including phenoxy) is 1. The molecule has 0 aliphatic heterocycles. The number of fused-ring (bicyclic) bond motifs is 1. The molecule has 0 aliphatic carbocycles. The third kappa shape index (κ3) is 2.23. The van der Waals surface area contributed by atoms with Crippen LogP contribution in [0.15, 0.2) is 54.6 Å². The standard InChI is InChI=1S/C16H15N3O/c1-20-15-10-9-13(17)16(19-15)18-14-8-4-6-11-5-2-3-7-12(11)14/h2-10H,17H2,1H3,(H,18,19).